The Labute approximate surface area is 182 Å². The molecule has 0 bridgehead atoms. The number of benzene rings is 2. The molecule has 3 rings (SSSR count). The highest BCUT2D eigenvalue weighted by atomic mass is 19.1. The first kappa shape index (κ1) is 22.5. The molecule has 164 valence electrons. The number of nitrogens with one attached hydrogen (secondary N) is 1. The summed E-state index contributed by atoms with van der Waals surface area (Å²) in [4.78, 5) is 16.3. The van der Waals surface area contributed by atoms with Crippen molar-refractivity contribution in [3.05, 3.63) is 70.9 Å². The number of oxazole rings is 1. The molecule has 0 radical (unpaired) electrons. The molecule has 0 unspecified atom stereocenters. The predicted molar refractivity (Wildman–Crippen MR) is 120 cm³/mol. The van der Waals surface area contributed by atoms with Crippen molar-refractivity contribution in [1.29, 1.82) is 0 Å². The third-order valence-electron chi connectivity index (χ3n) is 4.64. The molecule has 1 aromatic heterocycles. The number of aromatic nitrogens is 1. The lowest BCUT2D eigenvalue weighted by Gasteiger charge is -2.19. The molecule has 0 saturated heterocycles. The maximum Gasteiger partial charge on any atom is 0.408 e. The molecule has 0 fully saturated rings. The van der Waals surface area contributed by atoms with Crippen LogP contribution >= 0.6 is 0 Å². The van der Waals surface area contributed by atoms with Gasteiger partial charge < -0.3 is 14.5 Å². The Kier molecular flexibility index (Phi) is 6.78. The Bertz CT molecular complexity index is 1110. The van der Waals surface area contributed by atoms with Gasteiger partial charge in [-0.15, -0.1) is 0 Å². The minimum atomic E-state index is -0.569. The molecule has 0 aliphatic rings. The summed E-state index contributed by atoms with van der Waals surface area (Å²) < 4.78 is 24.7. The number of alkyl carbamates (subject to hydrolysis) is 1. The third kappa shape index (κ3) is 5.94. The van der Waals surface area contributed by atoms with Crippen LogP contribution in [0.5, 0.6) is 0 Å². The number of amides is 1. The standard InChI is InChI=1S/C25H29FN2O3/c1-6-7-8-20(19-11-10-18(26)13-16(19)2)17-9-12-21-22(14-17)30-23(28-21)15-27-24(29)31-25(3,4)5/h8-14H,6-7,15H2,1-5H3,(H,27,29)/b20-8-. The van der Waals surface area contributed by atoms with Crippen molar-refractivity contribution >= 4 is 22.8 Å². The zero-order valence-electron chi connectivity index (χ0n) is 18.7. The number of carbonyl (C=O) groups excluding carboxylic acids is 1. The van der Waals surface area contributed by atoms with E-state index in [4.69, 9.17) is 9.15 Å². The van der Waals surface area contributed by atoms with E-state index >= 15 is 0 Å². The van der Waals surface area contributed by atoms with Crippen LogP contribution in [0, 0.1) is 12.7 Å². The van der Waals surface area contributed by atoms with Crippen molar-refractivity contribution in [2.75, 3.05) is 0 Å². The van der Waals surface area contributed by atoms with Crippen molar-refractivity contribution in [1.82, 2.24) is 10.3 Å². The highest BCUT2D eigenvalue weighted by Gasteiger charge is 2.17. The zero-order valence-corrected chi connectivity index (χ0v) is 18.7. The predicted octanol–water partition coefficient (Wildman–Crippen LogP) is 6.53. The average Bonchev–Trinajstić information content (AvgIpc) is 3.09. The van der Waals surface area contributed by atoms with Crippen LogP contribution in [0.4, 0.5) is 9.18 Å². The Morgan fingerprint density at radius 3 is 2.68 bits per heavy atom. The van der Waals surface area contributed by atoms with Crippen molar-refractivity contribution < 1.29 is 18.3 Å². The second-order valence-electron chi connectivity index (χ2n) is 8.51. The number of hydrogen-bond acceptors (Lipinski definition) is 4. The van der Waals surface area contributed by atoms with Crippen LogP contribution in [0.3, 0.4) is 0 Å². The first-order valence-electron chi connectivity index (χ1n) is 10.5. The van der Waals surface area contributed by atoms with Gasteiger partial charge in [-0.3, -0.25) is 0 Å². The molecular formula is C25H29FN2O3. The number of fused-ring (bicyclic) bond motifs is 1. The molecule has 2 aromatic carbocycles. The summed E-state index contributed by atoms with van der Waals surface area (Å²) in [7, 11) is 0. The Morgan fingerprint density at radius 1 is 1.23 bits per heavy atom. The number of rotatable bonds is 6. The minimum Gasteiger partial charge on any atom is -0.444 e. The lowest BCUT2D eigenvalue weighted by molar-refractivity contribution is 0.0519. The first-order valence-corrected chi connectivity index (χ1v) is 10.5. The number of aryl methyl sites for hydroxylation is 1. The molecule has 6 heteroatoms. The van der Waals surface area contributed by atoms with Gasteiger partial charge in [-0.1, -0.05) is 31.6 Å². The van der Waals surface area contributed by atoms with Gasteiger partial charge in [0.15, 0.2) is 5.58 Å². The van der Waals surface area contributed by atoms with Crippen molar-refractivity contribution in [2.45, 2.75) is 59.6 Å². The maximum absolute atomic E-state index is 13.6. The maximum atomic E-state index is 13.6. The van der Waals surface area contributed by atoms with Gasteiger partial charge in [-0.05, 0) is 80.6 Å². The number of carbonyl (C=O) groups is 1. The number of unbranched alkanes of at least 4 members (excludes halogenated alkanes) is 1. The molecule has 0 saturated carbocycles. The normalized spacial score (nSPS) is 12.3. The molecule has 0 aliphatic carbocycles. The van der Waals surface area contributed by atoms with E-state index in [0.717, 1.165) is 35.1 Å². The molecular weight excluding hydrogens is 395 g/mol. The summed E-state index contributed by atoms with van der Waals surface area (Å²) in [6.07, 6.45) is 3.57. The van der Waals surface area contributed by atoms with E-state index in [2.05, 4.69) is 23.3 Å². The SMILES string of the molecule is CCC/C=C(/c1ccc2nc(CNC(=O)OC(C)(C)C)oc2c1)c1ccc(F)cc1C. The topological polar surface area (TPSA) is 64.4 Å². The first-order chi connectivity index (χ1) is 14.7. The molecule has 31 heavy (non-hydrogen) atoms. The van der Waals surface area contributed by atoms with E-state index in [1.807, 2.05) is 31.2 Å². The zero-order chi connectivity index (χ0) is 22.6. The summed E-state index contributed by atoms with van der Waals surface area (Å²) in [6.45, 7) is 9.58. The largest absolute Gasteiger partial charge is 0.444 e. The van der Waals surface area contributed by atoms with Crippen LogP contribution in [-0.2, 0) is 11.3 Å². The van der Waals surface area contributed by atoms with Gasteiger partial charge in [0, 0.05) is 0 Å². The fourth-order valence-corrected chi connectivity index (χ4v) is 3.28. The fraction of sp³-hybridized carbons (Fsp3) is 0.360. The number of allylic oxidation sites excluding steroid dienone is 1. The highest BCUT2D eigenvalue weighted by Crippen LogP contribution is 2.30. The quantitative estimate of drug-likeness (QED) is 0.488. The third-order valence-corrected chi connectivity index (χ3v) is 4.64. The molecule has 3 aromatic rings. The van der Waals surface area contributed by atoms with E-state index in [1.54, 1.807) is 26.8 Å². The van der Waals surface area contributed by atoms with Crippen LogP contribution in [0.15, 0.2) is 46.9 Å². The molecule has 0 aliphatic heterocycles. The van der Waals surface area contributed by atoms with Gasteiger partial charge in [0.2, 0.25) is 5.89 Å². The van der Waals surface area contributed by atoms with Gasteiger partial charge in [0.1, 0.15) is 16.9 Å². The van der Waals surface area contributed by atoms with E-state index in [-0.39, 0.29) is 12.4 Å². The van der Waals surface area contributed by atoms with Crippen LogP contribution in [-0.4, -0.2) is 16.7 Å². The van der Waals surface area contributed by atoms with Gasteiger partial charge in [-0.25, -0.2) is 14.2 Å². The fourth-order valence-electron chi connectivity index (χ4n) is 3.28. The van der Waals surface area contributed by atoms with E-state index in [1.165, 1.54) is 6.07 Å². The number of hydrogen-bond donors (Lipinski definition) is 1. The second kappa shape index (κ2) is 9.33. The van der Waals surface area contributed by atoms with E-state index < -0.39 is 11.7 Å². The smallest absolute Gasteiger partial charge is 0.408 e. The monoisotopic (exact) mass is 424 g/mol. The summed E-state index contributed by atoms with van der Waals surface area (Å²) in [5.74, 6) is 0.152. The van der Waals surface area contributed by atoms with Gasteiger partial charge in [0.25, 0.3) is 0 Å². The van der Waals surface area contributed by atoms with E-state index in [9.17, 15) is 9.18 Å². The number of nitrogens with zero attached hydrogens (tertiary/aromatic N) is 1. The Balaban J connectivity index is 1.87. The Hall–Kier alpha value is -3.15. The Morgan fingerprint density at radius 2 is 2.00 bits per heavy atom. The van der Waals surface area contributed by atoms with Gasteiger partial charge >= 0.3 is 6.09 Å². The van der Waals surface area contributed by atoms with Gasteiger partial charge in [0.05, 0.1) is 6.54 Å². The minimum absolute atomic E-state index is 0.133. The van der Waals surface area contributed by atoms with Crippen LogP contribution in [0.2, 0.25) is 0 Å². The van der Waals surface area contributed by atoms with Crippen LogP contribution < -0.4 is 5.32 Å². The van der Waals surface area contributed by atoms with Crippen molar-refractivity contribution in [3.63, 3.8) is 0 Å². The van der Waals surface area contributed by atoms with Gasteiger partial charge in [-0.2, -0.15) is 0 Å². The molecule has 5 nitrogen and oxygen atoms in total. The average molecular weight is 425 g/mol. The molecule has 0 spiro atoms. The number of ether oxygens (including phenoxy) is 1. The van der Waals surface area contributed by atoms with E-state index in [0.29, 0.717) is 17.0 Å². The summed E-state index contributed by atoms with van der Waals surface area (Å²) >= 11 is 0. The van der Waals surface area contributed by atoms with Crippen molar-refractivity contribution in [2.24, 2.45) is 0 Å². The molecule has 0 atom stereocenters. The molecule has 1 heterocycles. The van der Waals surface area contributed by atoms with Crippen LogP contribution in [0.1, 0.15) is 63.1 Å². The molecule has 1 N–H and O–H groups in total. The summed E-state index contributed by atoms with van der Waals surface area (Å²) in [6, 6.07) is 10.7. The van der Waals surface area contributed by atoms with Crippen molar-refractivity contribution in [3.8, 4) is 0 Å². The van der Waals surface area contributed by atoms with Crippen LogP contribution in [0.25, 0.3) is 16.7 Å². The summed E-state index contributed by atoms with van der Waals surface area (Å²) in [5.41, 5.74) is 4.63. The molecule has 1 amide bonds. The lowest BCUT2D eigenvalue weighted by atomic mass is 9.93. The number of halogens is 1. The summed E-state index contributed by atoms with van der Waals surface area (Å²) in [5, 5.41) is 2.66. The second-order valence-corrected chi connectivity index (χ2v) is 8.51. The highest BCUT2D eigenvalue weighted by molar-refractivity contribution is 5.86. The lowest BCUT2D eigenvalue weighted by Crippen LogP contribution is -2.32.